The summed E-state index contributed by atoms with van der Waals surface area (Å²) in [7, 11) is 0. The summed E-state index contributed by atoms with van der Waals surface area (Å²) in [6.07, 6.45) is 0. The number of morpholine rings is 1. The van der Waals surface area contributed by atoms with Gasteiger partial charge in [-0.05, 0) is 12.1 Å². The lowest BCUT2D eigenvalue weighted by atomic mass is 9.87. The maximum absolute atomic E-state index is 14.3. The highest BCUT2D eigenvalue weighted by Crippen LogP contribution is 2.36. The average molecular weight is 354 g/mol. The molecule has 2 aliphatic rings. The molecular weight excluding hydrogens is 337 g/mol. The lowest BCUT2D eigenvalue weighted by molar-refractivity contribution is -0.139. The van der Waals surface area contributed by atoms with Gasteiger partial charge in [-0.3, -0.25) is 4.79 Å². The zero-order valence-corrected chi connectivity index (χ0v) is 13.6. The SMILES string of the molecule is C=C1NC(=O)N[C@@H](c2c(F)cccc2Cl)[C@H]1C(=O)N1CCOCC1. The number of amides is 3. The van der Waals surface area contributed by atoms with E-state index in [4.69, 9.17) is 16.3 Å². The Kier molecular flexibility index (Phi) is 4.73. The van der Waals surface area contributed by atoms with Gasteiger partial charge in [-0.25, -0.2) is 9.18 Å². The van der Waals surface area contributed by atoms with E-state index in [1.807, 2.05) is 0 Å². The summed E-state index contributed by atoms with van der Waals surface area (Å²) in [5, 5.41) is 5.25. The number of nitrogens with one attached hydrogen (secondary N) is 2. The Hall–Kier alpha value is -2.12. The molecule has 2 saturated heterocycles. The van der Waals surface area contributed by atoms with Crippen molar-refractivity contribution in [3.05, 3.63) is 46.9 Å². The molecule has 3 rings (SSSR count). The molecule has 0 bridgehead atoms. The van der Waals surface area contributed by atoms with Crippen LogP contribution in [0.4, 0.5) is 9.18 Å². The molecule has 0 saturated carbocycles. The minimum atomic E-state index is -0.921. The number of hydrogen-bond donors (Lipinski definition) is 2. The van der Waals surface area contributed by atoms with Crippen LogP contribution < -0.4 is 10.6 Å². The molecule has 6 nitrogen and oxygen atoms in total. The molecule has 0 spiro atoms. The van der Waals surface area contributed by atoms with Gasteiger partial charge < -0.3 is 20.3 Å². The summed E-state index contributed by atoms with van der Waals surface area (Å²) in [5.74, 6) is -1.68. The van der Waals surface area contributed by atoms with E-state index in [2.05, 4.69) is 17.2 Å². The van der Waals surface area contributed by atoms with Gasteiger partial charge in [-0.2, -0.15) is 0 Å². The van der Waals surface area contributed by atoms with E-state index in [1.165, 1.54) is 18.2 Å². The van der Waals surface area contributed by atoms with Gasteiger partial charge in [-0.1, -0.05) is 24.2 Å². The summed E-state index contributed by atoms with van der Waals surface area (Å²) in [6, 6.07) is 2.77. The number of carbonyl (C=O) groups is 2. The normalized spacial score (nSPS) is 24.3. The van der Waals surface area contributed by atoms with Crippen LogP contribution in [0.25, 0.3) is 0 Å². The average Bonchev–Trinajstić information content (AvgIpc) is 2.54. The first-order valence-corrected chi connectivity index (χ1v) is 7.93. The highest BCUT2D eigenvalue weighted by Gasteiger charge is 2.41. The summed E-state index contributed by atoms with van der Waals surface area (Å²) < 4.78 is 19.6. The van der Waals surface area contributed by atoms with Crippen molar-refractivity contribution >= 4 is 23.5 Å². The number of halogens is 2. The topological polar surface area (TPSA) is 70.7 Å². The van der Waals surface area contributed by atoms with Gasteiger partial charge in [0.15, 0.2) is 0 Å². The lowest BCUT2D eigenvalue weighted by Crippen LogP contribution is -2.55. The van der Waals surface area contributed by atoms with Crippen molar-refractivity contribution in [2.75, 3.05) is 26.3 Å². The van der Waals surface area contributed by atoms with E-state index in [1.54, 1.807) is 4.90 Å². The van der Waals surface area contributed by atoms with Gasteiger partial charge in [0.2, 0.25) is 5.91 Å². The molecule has 0 radical (unpaired) electrons. The zero-order valence-electron chi connectivity index (χ0n) is 12.9. The standard InChI is InChI=1S/C16H17ClFN3O3/c1-9-12(15(22)21-5-7-24-8-6-21)14(20-16(23)19-9)13-10(17)3-2-4-11(13)18/h2-4,12,14H,1,5-8H2,(H2,19,20,23)/t12-,14+/m0/s1. The quantitative estimate of drug-likeness (QED) is 0.852. The summed E-state index contributed by atoms with van der Waals surface area (Å²) in [5.41, 5.74) is 0.307. The minimum absolute atomic E-state index is 0.0850. The smallest absolute Gasteiger partial charge is 0.319 e. The molecule has 8 heteroatoms. The van der Waals surface area contributed by atoms with E-state index in [9.17, 15) is 14.0 Å². The number of rotatable bonds is 2. The fraction of sp³-hybridized carbons (Fsp3) is 0.375. The van der Waals surface area contributed by atoms with Crippen molar-refractivity contribution in [3.8, 4) is 0 Å². The van der Waals surface area contributed by atoms with Gasteiger partial charge in [0.1, 0.15) is 11.7 Å². The first kappa shape index (κ1) is 16.7. The predicted molar refractivity (Wildman–Crippen MR) is 85.8 cm³/mol. The second-order valence-corrected chi connectivity index (χ2v) is 6.06. The van der Waals surface area contributed by atoms with E-state index in [-0.39, 0.29) is 22.2 Å². The van der Waals surface area contributed by atoms with Crippen LogP contribution in [0.2, 0.25) is 5.02 Å². The fourth-order valence-corrected chi connectivity index (χ4v) is 3.28. The van der Waals surface area contributed by atoms with Crippen molar-refractivity contribution in [2.45, 2.75) is 6.04 Å². The third kappa shape index (κ3) is 3.09. The summed E-state index contributed by atoms with van der Waals surface area (Å²) in [6.45, 7) is 5.54. The number of benzene rings is 1. The molecule has 3 amide bonds. The van der Waals surface area contributed by atoms with Crippen LogP contribution in [0.5, 0.6) is 0 Å². The molecule has 2 heterocycles. The largest absolute Gasteiger partial charge is 0.378 e. The number of ether oxygens (including phenoxy) is 1. The number of carbonyl (C=O) groups excluding carboxylic acids is 2. The number of hydrogen-bond acceptors (Lipinski definition) is 3. The Balaban J connectivity index is 1.98. The monoisotopic (exact) mass is 353 g/mol. The molecule has 1 aromatic carbocycles. The zero-order chi connectivity index (χ0) is 17.3. The molecular formula is C16H17ClFN3O3. The van der Waals surface area contributed by atoms with Crippen LogP contribution in [0, 0.1) is 11.7 Å². The van der Waals surface area contributed by atoms with Gasteiger partial charge >= 0.3 is 6.03 Å². The van der Waals surface area contributed by atoms with Crippen LogP contribution in [0.15, 0.2) is 30.5 Å². The van der Waals surface area contributed by atoms with E-state index in [0.717, 1.165) is 0 Å². The molecule has 2 atom stereocenters. The third-order valence-corrected chi connectivity index (χ3v) is 4.50. The molecule has 0 unspecified atom stereocenters. The van der Waals surface area contributed by atoms with Crippen molar-refractivity contribution < 1.29 is 18.7 Å². The minimum Gasteiger partial charge on any atom is -0.378 e. The first-order valence-electron chi connectivity index (χ1n) is 7.56. The second kappa shape index (κ2) is 6.78. The Morgan fingerprint density at radius 2 is 2.08 bits per heavy atom. The van der Waals surface area contributed by atoms with Crippen LogP contribution in [0.3, 0.4) is 0 Å². The summed E-state index contributed by atoms with van der Waals surface area (Å²) in [4.78, 5) is 26.4. The van der Waals surface area contributed by atoms with Gasteiger partial charge in [-0.15, -0.1) is 0 Å². The molecule has 2 fully saturated rings. The van der Waals surface area contributed by atoms with E-state index < -0.39 is 23.8 Å². The van der Waals surface area contributed by atoms with Crippen molar-refractivity contribution in [3.63, 3.8) is 0 Å². The summed E-state index contributed by atoms with van der Waals surface area (Å²) >= 11 is 6.13. The maximum atomic E-state index is 14.3. The van der Waals surface area contributed by atoms with Gasteiger partial charge in [0, 0.05) is 29.4 Å². The van der Waals surface area contributed by atoms with Crippen LogP contribution in [-0.4, -0.2) is 43.1 Å². The van der Waals surface area contributed by atoms with Crippen molar-refractivity contribution in [1.82, 2.24) is 15.5 Å². The third-order valence-electron chi connectivity index (χ3n) is 4.17. The highest BCUT2D eigenvalue weighted by molar-refractivity contribution is 6.31. The van der Waals surface area contributed by atoms with Gasteiger partial charge in [0.05, 0.1) is 19.3 Å². The van der Waals surface area contributed by atoms with Gasteiger partial charge in [0.25, 0.3) is 0 Å². The van der Waals surface area contributed by atoms with Crippen LogP contribution in [-0.2, 0) is 9.53 Å². The fourth-order valence-electron chi connectivity index (χ4n) is 3.00. The maximum Gasteiger partial charge on any atom is 0.319 e. The Morgan fingerprint density at radius 3 is 2.75 bits per heavy atom. The highest BCUT2D eigenvalue weighted by atomic mass is 35.5. The Morgan fingerprint density at radius 1 is 1.38 bits per heavy atom. The molecule has 2 N–H and O–H groups in total. The molecule has 0 aromatic heterocycles. The number of urea groups is 1. The lowest BCUT2D eigenvalue weighted by Gasteiger charge is -2.38. The van der Waals surface area contributed by atoms with E-state index >= 15 is 0 Å². The van der Waals surface area contributed by atoms with Crippen LogP contribution >= 0.6 is 11.6 Å². The molecule has 24 heavy (non-hydrogen) atoms. The van der Waals surface area contributed by atoms with E-state index in [0.29, 0.717) is 26.3 Å². The Labute approximate surface area is 143 Å². The second-order valence-electron chi connectivity index (χ2n) is 5.65. The predicted octanol–water partition coefficient (Wildman–Crippen LogP) is 1.82. The molecule has 0 aliphatic carbocycles. The first-order chi connectivity index (χ1) is 11.5. The molecule has 128 valence electrons. The number of nitrogens with zero attached hydrogens (tertiary/aromatic N) is 1. The molecule has 2 aliphatic heterocycles. The van der Waals surface area contributed by atoms with Crippen molar-refractivity contribution in [1.29, 1.82) is 0 Å². The van der Waals surface area contributed by atoms with Crippen molar-refractivity contribution in [2.24, 2.45) is 5.92 Å². The molecule has 1 aromatic rings. The Bertz CT molecular complexity index is 671. The van der Waals surface area contributed by atoms with Crippen LogP contribution in [0.1, 0.15) is 11.6 Å².